The van der Waals surface area contributed by atoms with Crippen LogP contribution in [0.2, 0.25) is 0 Å². The number of anilines is 1. The first-order chi connectivity index (χ1) is 8.47. The number of nitrogens with two attached hydrogens (primary N) is 4. The number of hydrogen-bond donors (Lipinski definition) is 4. The van der Waals surface area contributed by atoms with Crippen LogP contribution in [0.5, 0.6) is 0 Å². The molecule has 0 aromatic heterocycles. The van der Waals surface area contributed by atoms with Crippen molar-refractivity contribution in [1.82, 2.24) is 0 Å². The van der Waals surface area contributed by atoms with Crippen LogP contribution in [0, 0.1) is 6.92 Å². The summed E-state index contributed by atoms with van der Waals surface area (Å²) in [5.74, 6) is 0.210. The second kappa shape index (κ2) is 5.77. The van der Waals surface area contributed by atoms with Crippen molar-refractivity contribution >= 4 is 17.6 Å². The van der Waals surface area contributed by atoms with E-state index in [-0.39, 0.29) is 5.82 Å². The minimum absolute atomic E-state index is 0.210. The van der Waals surface area contributed by atoms with E-state index in [4.69, 9.17) is 22.9 Å². The van der Waals surface area contributed by atoms with Crippen molar-refractivity contribution in [3.63, 3.8) is 0 Å². The molecule has 8 N–H and O–H groups in total. The number of benzene rings is 1. The summed E-state index contributed by atoms with van der Waals surface area (Å²) in [5, 5.41) is 0. The van der Waals surface area contributed by atoms with Gasteiger partial charge in [0.2, 0.25) is 0 Å². The molecule has 0 amide bonds. The molecule has 0 aliphatic carbocycles. The number of hydrogen-bond acceptors (Lipinski definition) is 5. The van der Waals surface area contributed by atoms with Crippen LogP contribution in [0.25, 0.3) is 5.70 Å². The second-order valence-electron chi connectivity index (χ2n) is 3.92. The van der Waals surface area contributed by atoms with Gasteiger partial charge in [0.15, 0.2) is 0 Å². The van der Waals surface area contributed by atoms with Gasteiger partial charge in [0, 0.05) is 35.8 Å². The SMILES string of the molecule is CN=Cc1c(N)ccc(/C(N)=C/C=C(N)N)c1C. The van der Waals surface area contributed by atoms with Crippen LogP contribution < -0.4 is 22.9 Å². The summed E-state index contributed by atoms with van der Waals surface area (Å²) < 4.78 is 0. The topological polar surface area (TPSA) is 116 Å². The largest absolute Gasteiger partial charge is 0.398 e. The van der Waals surface area contributed by atoms with Crippen LogP contribution in [-0.4, -0.2) is 13.3 Å². The summed E-state index contributed by atoms with van der Waals surface area (Å²) in [7, 11) is 1.70. The Bertz CT molecular complexity index is 522. The lowest BCUT2D eigenvalue weighted by Crippen LogP contribution is -2.08. The third kappa shape index (κ3) is 3.04. The molecule has 18 heavy (non-hydrogen) atoms. The molecule has 5 nitrogen and oxygen atoms in total. The zero-order valence-corrected chi connectivity index (χ0v) is 10.6. The zero-order chi connectivity index (χ0) is 13.7. The van der Waals surface area contributed by atoms with Gasteiger partial charge in [-0.2, -0.15) is 0 Å². The number of rotatable bonds is 3. The Hall–Kier alpha value is -2.43. The van der Waals surface area contributed by atoms with Crippen molar-refractivity contribution in [3.05, 3.63) is 46.8 Å². The van der Waals surface area contributed by atoms with Gasteiger partial charge in [-0.25, -0.2) is 0 Å². The van der Waals surface area contributed by atoms with E-state index < -0.39 is 0 Å². The fourth-order valence-corrected chi connectivity index (χ4v) is 1.64. The average Bonchev–Trinajstić information content (AvgIpc) is 2.31. The highest BCUT2D eigenvalue weighted by Crippen LogP contribution is 2.22. The van der Waals surface area contributed by atoms with Gasteiger partial charge < -0.3 is 22.9 Å². The molecule has 5 heteroatoms. The summed E-state index contributed by atoms with van der Waals surface area (Å²) in [5.41, 5.74) is 26.6. The number of nitrogen functional groups attached to an aromatic ring is 1. The molecule has 0 saturated carbocycles. The van der Waals surface area contributed by atoms with Gasteiger partial charge in [0.05, 0.1) is 5.82 Å². The monoisotopic (exact) mass is 245 g/mol. The molecule has 0 radical (unpaired) electrons. The normalized spacial score (nSPS) is 11.8. The molecule has 0 unspecified atom stereocenters. The van der Waals surface area contributed by atoms with Gasteiger partial charge in [-0.15, -0.1) is 0 Å². The van der Waals surface area contributed by atoms with Crippen molar-refractivity contribution in [3.8, 4) is 0 Å². The maximum Gasteiger partial charge on any atom is 0.0934 e. The van der Waals surface area contributed by atoms with Gasteiger partial charge in [-0.1, -0.05) is 6.07 Å². The molecular formula is C13H19N5. The minimum Gasteiger partial charge on any atom is -0.398 e. The highest BCUT2D eigenvalue weighted by atomic mass is 14.8. The fraction of sp³-hybridized carbons (Fsp3) is 0.154. The second-order valence-corrected chi connectivity index (χ2v) is 3.92. The molecule has 0 aliphatic heterocycles. The van der Waals surface area contributed by atoms with Crippen LogP contribution in [0.15, 0.2) is 35.1 Å². The molecular weight excluding hydrogens is 226 g/mol. The maximum absolute atomic E-state index is 5.98. The summed E-state index contributed by atoms with van der Waals surface area (Å²) in [6, 6.07) is 3.67. The van der Waals surface area contributed by atoms with Crippen LogP contribution >= 0.6 is 0 Å². The van der Waals surface area contributed by atoms with E-state index in [9.17, 15) is 0 Å². The molecule has 0 saturated heterocycles. The summed E-state index contributed by atoms with van der Waals surface area (Å²) in [6.07, 6.45) is 4.94. The third-order valence-corrected chi connectivity index (χ3v) is 2.57. The molecule has 0 spiro atoms. The molecule has 96 valence electrons. The van der Waals surface area contributed by atoms with E-state index in [1.165, 1.54) is 0 Å². The van der Waals surface area contributed by atoms with Crippen molar-refractivity contribution in [2.75, 3.05) is 12.8 Å². The van der Waals surface area contributed by atoms with E-state index in [0.29, 0.717) is 11.4 Å². The van der Waals surface area contributed by atoms with Crippen molar-refractivity contribution in [2.45, 2.75) is 6.92 Å². The molecule has 0 atom stereocenters. The van der Waals surface area contributed by atoms with Crippen LogP contribution in [0.3, 0.4) is 0 Å². The smallest absolute Gasteiger partial charge is 0.0934 e. The number of allylic oxidation sites excluding steroid dienone is 2. The molecule has 1 aromatic rings. The van der Waals surface area contributed by atoms with Crippen LogP contribution in [0.4, 0.5) is 5.69 Å². The predicted octanol–water partition coefficient (Wildman–Crippen LogP) is 0.684. The molecule has 0 aliphatic rings. The van der Waals surface area contributed by atoms with Gasteiger partial charge >= 0.3 is 0 Å². The van der Waals surface area contributed by atoms with E-state index in [1.54, 1.807) is 31.5 Å². The Morgan fingerprint density at radius 2 is 1.83 bits per heavy atom. The lowest BCUT2D eigenvalue weighted by Gasteiger charge is -2.11. The Morgan fingerprint density at radius 3 is 2.39 bits per heavy atom. The first kappa shape index (κ1) is 13.6. The van der Waals surface area contributed by atoms with Crippen LogP contribution in [0.1, 0.15) is 16.7 Å². The number of nitrogens with zero attached hydrogens (tertiary/aromatic N) is 1. The first-order valence-electron chi connectivity index (χ1n) is 5.47. The third-order valence-electron chi connectivity index (χ3n) is 2.57. The average molecular weight is 245 g/mol. The number of aliphatic imine (C=N–C) groups is 1. The summed E-state index contributed by atoms with van der Waals surface area (Å²) in [4.78, 5) is 3.99. The maximum atomic E-state index is 5.98. The zero-order valence-electron chi connectivity index (χ0n) is 10.6. The predicted molar refractivity (Wildman–Crippen MR) is 77.7 cm³/mol. The van der Waals surface area contributed by atoms with Gasteiger partial charge in [0.1, 0.15) is 0 Å². The molecule has 1 aromatic carbocycles. The molecule has 0 heterocycles. The molecule has 0 fully saturated rings. The Labute approximate surface area is 107 Å². The van der Waals surface area contributed by atoms with Crippen molar-refractivity contribution in [2.24, 2.45) is 22.2 Å². The molecule has 0 bridgehead atoms. The van der Waals surface area contributed by atoms with Gasteiger partial charge in [-0.05, 0) is 30.7 Å². The Morgan fingerprint density at radius 1 is 1.17 bits per heavy atom. The quantitative estimate of drug-likeness (QED) is 0.356. The highest BCUT2D eigenvalue weighted by molar-refractivity contribution is 5.91. The lowest BCUT2D eigenvalue weighted by atomic mass is 9.99. The van der Waals surface area contributed by atoms with E-state index >= 15 is 0 Å². The lowest BCUT2D eigenvalue weighted by molar-refractivity contribution is 1.25. The van der Waals surface area contributed by atoms with E-state index in [2.05, 4.69) is 4.99 Å². The van der Waals surface area contributed by atoms with Gasteiger partial charge in [-0.3, -0.25) is 4.99 Å². The van der Waals surface area contributed by atoms with Crippen LogP contribution in [-0.2, 0) is 0 Å². The van der Waals surface area contributed by atoms with E-state index in [1.807, 2.05) is 13.0 Å². The summed E-state index contributed by atoms with van der Waals surface area (Å²) in [6.45, 7) is 1.94. The highest BCUT2D eigenvalue weighted by Gasteiger charge is 2.07. The van der Waals surface area contributed by atoms with Gasteiger partial charge in [0.25, 0.3) is 0 Å². The standard InChI is InChI=1S/C13H19N5/c1-8-9(11(14)5-6-13(16)17)3-4-12(15)10(8)7-18-2/h3-7H,14-17H2,1-2H3/b11-5-,18-7?. The van der Waals surface area contributed by atoms with E-state index in [0.717, 1.165) is 16.7 Å². The molecule has 1 rings (SSSR count). The van der Waals surface area contributed by atoms with Crippen molar-refractivity contribution < 1.29 is 0 Å². The Balaban J connectivity index is 3.31. The minimum atomic E-state index is 0.210. The Kier molecular flexibility index (Phi) is 4.37. The fourth-order valence-electron chi connectivity index (χ4n) is 1.64. The van der Waals surface area contributed by atoms with Crippen molar-refractivity contribution in [1.29, 1.82) is 0 Å². The summed E-state index contributed by atoms with van der Waals surface area (Å²) >= 11 is 0. The first-order valence-corrected chi connectivity index (χ1v) is 5.47.